The molecule has 0 radical (unpaired) electrons. The van der Waals surface area contributed by atoms with Crippen molar-refractivity contribution >= 4 is 17.4 Å². The molecule has 0 saturated carbocycles. The maximum atomic E-state index is 13.5. The van der Waals surface area contributed by atoms with Gasteiger partial charge in [0, 0.05) is 55.8 Å². The first kappa shape index (κ1) is 24.7. The van der Waals surface area contributed by atoms with E-state index in [2.05, 4.69) is 10.1 Å². The summed E-state index contributed by atoms with van der Waals surface area (Å²) in [6.07, 6.45) is 1.06. The maximum absolute atomic E-state index is 13.5. The van der Waals surface area contributed by atoms with Crippen LogP contribution in [0.25, 0.3) is 0 Å². The number of aromatic nitrogens is 4. The van der Waals surface area contributed by atoms with Gasteiger partial charge in [0.1, 0.15) is 0 Å². The molecule has 1 aromatic carbocycles. The predicted octanol–water partition coefficient (Wildman–Crippen LogP) is 4.00. The summed E-state index contributed by atoms with van der Waals surface area (Å²) in [4.78, 5) is 32.1. The molecule has 35 heavy (non-hydrogen) atoms. The minimum Gasteiger partial charge on any atom is -0.338 e. The molecule has 0 N–H and O–H groups in total. The zero-order chi connectivity index (χ0) is 25.2. The number of aryl methyl sites for hydroxylation is 1. The van der Waals surface area contributed by atoms with Gasteiger partial charge in [0.15, 0.2) is 11.5 Å². The molecule has 0 spiro atoms. The van der Waals surface area contributed by atoms with Gasteiger partial charge < -0.3 is 9.47 Å². The SMILES string of the molecule is CN(C(=O)[C@@H](CC(=O)Cn1nc(C(F)(F)F)c2c1CCCC2)Cc1cncn1C)c1ccccc1. The zero-order valence-corrected chi connectivity index (χ0v) is 19.8. The van der Waals surface area contributed by atoms with Crippen molar-refractivity contribution in [3.8, 4) is 0 Å². The van der Waals surface area contributed by atoms with E-state index in [0.29, 0.717) is 30.6 Å². The Morgan fingerprint density at radius 1 is 1.14 bits per heavy atom. The lowest BCUT2D eigenvalue weighted by Gasteiger charge is -2.24. The van der Waals surface area contributed by atoms with Crippen LogP contribution in [0.1, 0.15) is 41.9 Å². The third kappa shape index (κ3) is 5.47. The molecule has 0 bridgehead atoms. The van der Waals surface area contributed by atoms with Crippen molar-refractivity contribution in [3.05, 3.63) is 65.5 Å². The van der Waals surface area contributed by atoms with E-state index in [9.17, 15) is 22.8 Å². The number of halogens is 3. The molecule has 7 nitrogen and oxygen atoms in total. The maximum Gasteiger partial charge on any atom is 0.435 e. The van der Waals surface area contributed by atoms with Gasteiger partial charge in [0.25, 0.3) is 0 Å². The number of Topliss-reactive ketones (excluding diaryl/α,β-unsaturated/α-hetero) is 1. The molecule has 10 heteroatoms. The number of carbonyl (C=O) groups is 2. The number of benzene rings is 1. The third-order valence-corrected chi connectivity index (χ3v) is 6.52. The van der Waals surface area contributed by atoms with Gasteiger partial charge in [0.05, 0.1) is 18.8 Å². The summed E-state index contributed by atoms with van der Waals surface area (Å²) in [6, 6.07) is 9.09. The molecule has 0 saturated heterocycles. The Hall–Kier alpha value is -3.43. The molecule has 0 fully saturated rings. The Balaban J connectivity index is 1.56. The topological polar surface area (TPSA) is 73.0 Å². The lowest BCUT2D eigenvalue weighted by molar-refractivity contribution is -0.142. The summed E-state index contributed by atoms with van der Waals surface area (Å²) < 4.78 is 43.6. The summed E-state index contributed by atoms with van der Waals surface area (Å²) in [5.74, 6) is -1.28. The number of hydrogen-bond donors (Lipinski definition) is 0. The summed E-state index contributed by atoms with van der Waals surface area (Å²) in [5, 5.41) is 3.79. The van der Waals surface area contributed by atoms with Gasteiger partial charge in [-0.3, -0.25) is 14.3 Å². The molecule has 0 aliphatic heterocycles. The normalized spacial score (nSPS) is 14.4. The van der Waals surface area contributed by atoms with Gasteiger partial charge in [-0.2, -0.15) is 18.3 Å². The Labute approximate surface area is 201 Å². The highest BCUT2D eigenvalue weighted by molar-refractivity contribution is 5.97. The molecule has 4 rings (SSSR count). The fourth-order valence-corrected chi connectivity index (χ4v) is 4.67. The number of alkyl halides is 3. The number of hydrogen-bond acceptors (Lipinski definition) is 4. The van der Waals surface area contributed by atoms with Gasteiger partial charge >= 0.3 is 6.18 Å². The molecule has 3 aromatic rings. The largest absolute Gasteiger partial charge is 0.435 e. The number of nitrogens with zero attached hydrogens (tertiary/aromatic N) is 5. The number of fused-ring (bicyclic) bond motifs is 1. The van der Waals surface area contributed by atoms with E-state index < -0.39 is 17.8 Å². The van der Waals surface area contributed by atoms with E-state index in [-0.39, 0.29) is 36.6 Å². The highest BCUT2D eigenvalue weighted by Gasteiger charge is 2.39. The minimum absolute atomic E-state index is 0.114. The van der Waals surface area contributed by atoms with Crippen molar-refractivity contribution in [2.45, 2.75) is 51.2 Å². The van der Waals surface area contributed by atoms with Gasteiger partial charge in [-0.15, -0.1) is 0 Å². The van der Waals surface area contributed by atoms with Gasteiger partial charge in [-0.1, -0.05) is 18.2 Å². The molecular formula is C25H28F3N5O2. The van der Waals surface area contributed by atoms with Crippen molar-refractivity contribution in [1.82, 2.24) is 19.3 Å². The summed E-state index contributed by atoms with van der Waals surface area (Å²) in [7, 11) is 3.46. The second-order valence-corrected chi connectivity index (χ2v) is 9.01. The van der Waals surface area contributed by atoms with Gasteiger partial charge in [-0.25, -0.2) is 4.98 Å². The monoisotopic (exact) mass is 487 g/mol. The first-order valence-corrected chi connectivity index (χ1v) is 11.6. The van der Waals surface area contributed by atoms with E-state index in [0.717, 1.165) is 12.1 Å². The third-order valence-electron chi connectivity index (χ3n) is 6.52. The Morgan fingerprint density at radius 3 is 2.51 bits per heavy atom. The first-order valence-electron chi connectivity index (χ1n) is 11.6. The number of amides is 1. The second kappa shape index (κ2) is 10.1. The fourth-order valence-electron chi connectivity index (χ4n) is 4.67. The van der Waals surface area contributed by atoms with Crippen molar-refractivity contribution in [2.75, 3.05) is 11.9 Å². The average molecular weight is 488 g/mol. The van der Waals surface area contributed by atoms with E-state index in [1.807, 2.05) is 18.2 Å². The quantitative estimate of drug-likeness (QED) is 0.482. The lowest BCUT2D eigenvalue weighted by atomic mass is 9.94. The van der Waals surface area contributed by atoms with Crippen LogP contribution in [0.5, 0.6) is 0 Å². The van der Waals surface area contributed by atoms with E-state index >= 15 is 0 Å². The lowest BCUT2D eigenvalue weighted by Crippen LogP contribution is -2.36. The molecule has 1 amide bonds. The van der Waals surface area contributed by atoms with Crippen LogP contribution in [0, 0.1) is 5.92 Å². The van der Waals surface area contributed by atoms with Crippen LogP contribution in [-0.2, 0) is 48.6 Å². The van der Waals surface area contributed by atoms with Crippen LogP contribution in [-0.4, -0.2) is 38.1 Å². The summed E-state index contributed by atoms with van der Waals surface area (Å²) >= 11 is 0. The number of imidazole rings is 1. The highest BCUT2D eigenvalue weighted by atomic mass is 19.4. The average Bonchev–Trinajstić information content (AvgIpc) is 3.41. The minimum atomic E-state index is -4.56. The van der Waals surface area contributed by atoms with Crippen molar-refractivity contribution in [1.29, 1.82) is 0 Å². The number of carbonyl (C=O) groups excluding carboxylic acids is 2. The molecule has 1 atom stereocenters. The molecular weight excluding hydrogens is 459 g/mol. The van der Waals surface area contributed by atoms with Crippen LogP contribution < -0.4 is 4.90 Å². The summed E-state index contributed by atoms with van der Waals surface area (Å²) in [6.45, 7) is -0.289. The smallest absolute Gasteiger partial charge is 0.338 e. The Bertz CT molecular complexity index is 1200. The molecule has 0 unspecified atom stereocenters. The van der Waals surface area contributed by atoms with Crippen molar-refractivity contribution in [3.63, 3.8) is 0 Å². The van der Waals surface area contributed by atoms with Gasteiger partial charge in [0.2, 0.25) is 5.91 Å². The Morgan fingerprint density at radius 2 is 1.86 bits per heavy atom. The molecule has 2 aromatic heterocycles. The van der Waals surface area contributed by atoms with E-state index in [4.69, 9.17) is 0 Å². The van der Waals surface area contributed by atoms with E-state index in [1.54, 1.807) is 43.3 Å². The van der Waals surface area contributed by atoms with Crippen LogP contribution in [0.15, 0.2) is 42.9 Å². The first-order chi connectivity index (χ1) is 16.6. The molecule has 2 heterocycles. The summed E-state index contributed by atoms with van der Waals surface area (Å²) in [5.41, 5.74) is 1.26. The van der Waals surface area contributed by atoms with Crippen LogP contribution in [0.3, 0.4) is 0 Å². The number of ketones is 1. The van der Waals surface area contributed by atoms with Crippen LogP contribution in [0.2, 0.25) is 0 Å². The molecule has 186 valence electrons. The van der Waals surface area contributed by atoms with Gasteiger partial charge in [-0.05, 0) is 37.8 Å². The van der Waals surface area contributed by atoms with E-state index in [1.165, 1.54) is 9.58 Å². The Kier molecular flexibility index (Phi) is 7.09. The van der Waals surface area contributed by atoms with Crippen molar-refractivity contribution < 1.29 is 22.8 Å². The van der Waals surface area contributed by atoms with Crippen LogP contribution >= 0.6 is 0 Å². The zero-order valence-electron chi connectivity index (χ0n) is 19.8. The van der Waals surface area contributed by atoms with Crippen molar-refractivity contribution in [2.24, 2.45) is 13.0 Å². The predicted molar refractivity (Wildman–Crippen MR) is 124 cm³/mol. The standard InChI is InChI=1S/C25H28F3N5O2/c1-31-16-29-14-19(31)12-17(24(35)32(2)18-8-4-3-5-9-18)13-20(34)15-33-22-11-7-6-10-21(22)23(30-33)25(26,27)28/h3-5,8-9,14,16-17H,6-7,10-13,15H2,1-2H3/t17-/m1/s1. The highest BCUT2D eigenvalue weighted by Crippen LogP contribution is 2.36. The number of rotatable bonds is 8. The molecule has 1 aliphatic rings. The van der Waals surface area contributed by atoms with Crippen LogP contribution in [0.4, 0.5) is 18.9 Å². The fraction of sp³-hybridized carbons (Fsp3) is 0.440. The number of para-hydroxylation sites is 1. The molecule has 1 aliphatic carbocycles. The number of anilines is 1. The second-order valence-electron chi connectivity index (χ2n) is 9.01.